The largest absolute Gasteiger partial charge is 0.462 e. The molecule has 418 valence electrons. The van der Waals surface area contributed by atoms with Gasteiger partial charge >= 0.3 is 17.9 Å². The third-order valence-corrected chi connectivity index (χ3v) is 14.5. The van der Waals surface area contributed by atoms with Crippen LogP contribution in [0.3, 0.4) is 0 Å². The Labute approximate surface area is 443 Å². The Morgan fingerprint density at radius 2 is 0.507 bits per heavy atom. The van der Waals surface area contributed by atoms with Crippen LogP contribution in [-0.4, -0.2) is 37.2 Å². The van der Waals surface area contributed by atoms with E-state index in [1.54, 1.807) is 0 Å². The van der Waals surface area contributed by atoms with Crippen molar-refractivity contribution in [3.8, 4) is 0 Å². The lowest BCUT2D eigenvalue weighted by atomic mass is 10.0. The van der Waals surface area contributed by atoms with Crippen molar-refractivity contribution in [2.45, 2.75) is 361 Å². The van der Waals surface area contributed by atoms with Gasteiger partial charge in [-0.05, 0) is 51.4 Å². The Bertz CT molecular complexity index is 1150. The van der Waals surface area contributed by atoms with Crippen LogP contribution >= 0.6 is 0 Å². The molecule has 0 saturated heterocycles. The summed E-state index contributed by atoms with van der Waals surface area (Å²) >= 11 is 0. The minimum atomic E-state index is -0.767. The third-order valence-electron chi connectivity index (χ3n) is 14.5. The fourth-order valence-electron chi connectivity index (χ4n) is 9.65. The first-order valence-electron chi connectivity index (χ1n) is 31.8. The van der Waals surface area contributed by atoms with Gasteiger partial charge in [-0.2, -0.15) is 0 Å². The molecule has 6 heteroatoms. The summed E-state index contributed by atoms with van der Waals surface area (Å²) in [4.78, 5) is 38.0. The molecule has 0 aliphatic carbocycles. The van der Waals surface area contributed by atoms with Crippen molar-refractivity contribution in [1.82, 2.24) is 0 Å². The summed E-state index contributed by atoms with van der Waals surface area (Å²) in [5.74, 6) is -0.861. The molecule has 0 rings (SSSR count). The monoisotopic (exact) mass is 999 g/mol. The van der Waals surface area contributed by atoms with Gasteiger partial charge in [0.1, 0.15) is 13.2 Å². The molecule has 0 saturated carbocycles. The van der Waals surface area contributed by atoms with Gasteiger partial charge < -0.3 is 14.2 Å². The Hall–Kier alpha value is -2.11. The molecule has 0 bridgehead atoms. The molecule has 0 spiro atoms. The molecule has 0 aromatic rings. The van der Waals surface area contributed by atoms with Gasteiger partial charge in [0, 0.05) is 19.3 Å². The van der Waals surface area contributed by atoms with Crippen LogP contribution in [0.4, 0.5) is 0 Å². The van der Waals surface area contributed by atoms with Crippen molar-refractivity contribution in [2.75, 3.05) is 13.2 Å². The predicted octanol–water partition coefficient (Wildman–Crippen LogP) is 21.4. The van der Waals surface area contributed by atoms with Gasteiger partial charge in [0.2, 0.25) is 0 Å². The molecule has 6 nitrogen and oxygen atoms in total. The lowest BCUT2D eigenvalue weighted by molar-refractivity contribution is -0.167. The maximum atomic E-state index is 12.8. The predicted molar refractivity (Wildman–Crippen MR) is 307 cm³/mol. The maximum Gasteiger partial charge on any atom is 0.306 e. The number of carbonyl (C=O) groups is 3. The summed E-state index contributed by atoms with van der Waals surface area (Å²) in [5.41, 5.74) is 0. The summed E-state index contributed by atoms with van der Waals surface area (Å²) in [6.07, 6.45) is 72.3. The highest BCUT2D eigenvalue weighted by Gasteiger charge is 2.19. The van der Waals surface area contributed by atoms with E-state index in [1.807, 2.05) is 0 Å². The molecular weight excluding hydrogens is 877 g/mol. The highest BCUT2D eigenvalue weighted by atomic mass is 16.6. The first-order valence-corrected chi connectivity index (χ1v) is 31.8. The van der Waals surface area contributed by atoms with Crippen LogP contribution in [0.5, 0.6) is 0 Å². The SMILES string of the molecule is CCCCC/C=C\C/C=C\CCCCCCCCCCCC(=O)OC(COC(=O)CCCCCCCC)COC(=O)CCCCCCCCCCCCCCCCCCCCCCCCCCCCCC. The normalized spacial score (nSPS) is 12.1. The second-order valence-corrected chi connectivity index (χ2v) is 21.7. The topological polar surface area (TPSA) is 78.9 Å². The lowest BCUT2D eigenvalue weighted by Gasteiger charge is -2.18. The van der Waals surface area contributed by atoms with E-state index < -0.39 is 6.10 Å². The number of allylic oxidation sites excluding steroid dienone is 4. The van der Waals surface area contributed by atoms with Crippen LogP contribution in [0, 0.1) is 0 Å². The van der Waals surface area contributed by atoms with E-state index in [4.69, 9.17) is 14.2 Å². The molecule has 0 aromatic heterocycles. The number of hydrogen-bond donors (Lipinski definition) is 0. The number of ether oxygens (including phenoxy) is 3. The standard InChI is InChI=1S/C65H122O6/c1-4-7-10-13-16-18-20-22-24-26-28-29-30-31-32-33-34-35-36-38-39-41-43-45-47-49-52-55-58-64(67)70-61-62(60-69-63(66)57-54-51-15-12-9-6-3)71-65(68)59-56-53-50-48-46-44-42-40-37-27-25-23-21-19-17-14-11-8-5-2/h17,19,23,25,62H,4-16,18,20-22,24,26-61H2,1-3H3/b19-17-,25-23-. The van der Waals surface area contributed by atoms with Crippen molar-refractivity contribution in [1.29, 1.82) is 0 Å². The number of esters is 3. The van der Waals surface area contributed by atoms with E-state index in [1.165, 1.54) is 250 Å². The van der Waals surface area contributed by atoms with Gasteiger partial charge in [0.25, 0.3) is 0 Å². The van der Waals surface area contributed by atoms with Crippen LogP contribution in [-0.2, 0) is 28.6 Å². The first-order chi connectivity index (χ1) is 35.0. The summed E-state index contributed by atoms with van der Waals surface area (Å²) in [5, 5.41) is 0. The quantitative estimate of drug-likeness (QED) is 0.0261. The van der Waals surface area contributed by atoms with Crippen LogP contribution in [0.25, 0.3) is 0 Å². The molecule has 0 N–H and O–H groups in total. The second-order valence-electron chi connectivity index (χ2n) is 21.7. The number of unbranched alkanes of at least 4 members (excludes halogenated alkanes) is 44. The Morgan fingerprint density at radius 3 is 0.803 bits per heavy atom. The van der Waals surface area contributed by atoms with Crippen LogP contribution < -0.4 is 0 Å². The van der Waals surface area contributed by atoms with Crippen molar-refractivity contribution >= 4 is 17.9 Å². The van der Waals surface area contributed by atoms with E-state index in [9.17, 15) is 14.4 Å². The molecule has 0 fully saturated rings. The van der Waals surface area contributed by atoms with Crippen molar-refractivity contribution in [3.63, 3.8) is 0 Å². The molecule has 71 heavy (non-hydrogen) atoms. The van der Waals surface area contributed by atoms with Crippen molar-refractivity contribution in [2.24, 2.45) is 0 Å². The van der Waals surface area contributed by atoms with E-state index in [0.717, 1.165) is 64.2 Å². The second kappa shape index (κ2) is 60.4. The highest BCUT2D eigenvalue weighted by molar-refractivity contribution is 5.71. The Balaban J connectivity index is 3.99. The highest BCUT2D eigenvalue weighted by Crippen LogP contribution is 2.18. The van der Waals surface area contributed by atoms with E-state index >= 15 is 0 Å². The average molecular weight is 1000 g/mol. The summed E-state index contributed by atoms with van der Waals surface area (Å²) in [6.45, 7) is 6.61. The van der Waals surface area contributed by atoms with Gasteiger partial charge in [-0.15, -0.1) is 0 Å². The minimum absolute atomic E-state index is 0.0682. The van der Waals surface area contributed by atoms with E-state index in [2.05, 4.69) is 45.1 Å². The molecular formula is C65H122O6. The van der Waals surface area contributed by atoms with Gasteiger partial charge in [-0.3, -0.25) is 14.4 Å². The van der Waals surface area contributed by atoms with Crippen molar-refractivity contribution in [3.05, 3.63) is 24.3 Å². The summed E-state index contributed by atoms with van der Waals surface area (Å²) < 4.78 is 16.8. The van der Waals surface area contributed by atoms with Gasteiger partial charge in [-0.25, -0.2) is 0 Å². The zero-order valence-corrected chi connectivity index (χ0v) is 48.0. The third kappa shape index (κ3) is 58.7. The summed E-state index contributed by atoms with van der Waals surface area (Å²) in [6, 6.07) is 0. The fraction of sp³-hybridized carbons (Fsp3) is 0.892. The zero-order valence-electron chi connectivity index (χ0n) is 48.0. The van der Waals surface area contributed by atoms with E-state index in [-0.39, 0.29) is 31.1 Å². The fourth-order valence-corrected chi connectivity index (χ4v) is 9.65. The molecule has 0 aliphatic heterocycles. The number of hydrogen-bond acceptors (Lipinski definition) is 6. The Morgan fingerprint density at radius 1 is 0.282 bits per heavy atom. The van der Waals surface area contributed by atoms with Gasteiger partial charge in [0.05, 0.1) is 0 Å². The lowest BCUT2D eigenvalue weighted by Crippen LogP contribution is -2.30. The van der Waals surface area contributed by atoms with Crippen LogP contribution in [0.15, 0.2) is 24.3 Å². The molecule has 0 heterocycles. The Kier molecular flexibility index (Phi) is 58.6. The average Bonchev–Trinajstić information content (AvgIpc) is 3.37. The molecule has 0 aromatic carbocycles. The molecule has 1 atom stereocenters. The molecule has 0 amide bonds. The molecule has 0 aliphatic rings. The number of carbonyl (C=O) groups excluding carboxylic acids is 3. The van der Waals surface area contributed by atoms with Crippen molar-refractivity contribution < 1.29 is 28.6 Å². The van der Waals surface area contributed by atoms with E-state index in [0.29, 0.717) is 19.3 Å². The maximum absolute atomic E-state index is 12.8. The van der Waals surface area contributed by atoms with Crippen LogP contribution in [0.2, 0.25) is 0 Å². The first kappa shape index (κ1) is 68.9. The molecule has 0 radical (unpaired) electrons. The van der Waals surface area contributed by atoms with Gasteiger partial charge in [0.15, 0.2) is 6.10 Å². The van der Waals surface area contributed by atoms with Crippen LogP contribution in [0.1, 0.15) is 355 Å². The zero-order chi connectivity index (χ0) is 51.4. The summed E-state index contributed by atoms with van der Waals surface area (Å²) in [7, 11) is 0. The number of rotatable bonds is 59. The van der Waals surface area contributed by atoms with Gasteiger partial charge in [-0.1, -0.05) is 308 Å². The molecule has 1 unspecified atom stereocenters. The smallest absolute Gasteiger partial charge is 0.306 e. The minimum Gasteiger partial charge on any atom is -0.462 e.